The fraction of sp³-hybridized carbons (Fsp3) is 0. The first kappa shape index (κ1) is 9.33. The molecular formula is C11H6NO3. The lowest BCUT2D eigenvalue weighted by molar-refractivity contribution is -0.383. The SMILES string of the molecule is O=[C]c1cc([N+](=O)[O-])c2ccccc2c1. The van der Waals surface area contributed by atoms with Crippen molar-refractivity contribution >= 4 is 22.7 Å². The van der Waals surface area contributed by atoms with Crippen molar-refractivity contribution in [2.75, 3.05) is 0 Å². The van der Waals surface area contributed by atoms with Gasteiger partial charge in [0.2, 0.25) is 6.29 Å². The van der Waals surface area contributed by atoms with Crippen LogP contribution >= 0.6 is 0 Å². The molecule has 0 N–H and O–H groups in total. The maximum absolute atomic E-state index is 10.8. The summed E-state index contributed by atoms with van der Waals surface area (Å²) in [5, 5.41) is 12.0. The normalized spacial score (nSPS) is 10.1. The summed E-state index contributed by atoms with van der Waals surface area (Å²) in [7, 11) is 0. The molecule has 4 nitrogen and oxygen atoms in total. The number of non-ortho nitro benzene ring substituents is 1. The van der Waals surface area contributed by atoms with Crippen LogP contribution in [0.3, 0.4) is 0 Å². The highest BCUT2D eigenvalue weighted by Gasteiger charge is 2.12. The van der Waals surface area contributed by atoms with Gasteiger partial charge in [0.05, 0.1) is 10.3 Å². The van der Waals surface area contributed by atoms with Gasteiger partial charge in [-0.25, -0.2) is 0 Å². The molecule has 0 aliphatic carbocycles. The largest absolute Gasteiger partial charge is 0.285 e. The molecule has 15 heavy (non-hydrogen) atoms. The van der Waals surface area contributed by atoms with Crippen molar-refractivity contribution in [3.05, 3.63) is 52.1 Å². The highest BCUT2D eigenvalue weighted by Crippen LogP contribution is 2.26. The Morgan fingerprint density at radius 3 is 2.60 bits per heavy atom. The van der Waals surface area contributed by atoms with Crippen LogP contribution in [-0.2, 0) is 4.79 Å². The number of fused-ring (bicyclic) bond motifs is 1. The quantitative estimate of drug-likeness (QED) is 0.551. The highest BCUT2D eigenvalue weighted by atomic mass is 16.6. The maximum Gasteiger partial charge on any atom is 0.277 e. The van der Waals surface area contributed by atoms with Crippen LogP contribution in [0.2, 0.25) is 0 Å². The van der Waals surface area contributed by atoms with Crippen LogP contribution < -0.4 is 0 Å². The predicted molar refractivity (Wildman–Crippen MR) is 55.4 cm³/mol. The molecule has 4 heteroatoms. The zero-order valence-corrected chi connectivity index (χ0v) is 7.64. The number of nitrogens with zero attached hydrogens (tertiary/aromatic N) is 1. The van der Waals surface area contributed by atoms with Crippen molar-refractivity contribution in [1.82, 2.24) is 0 Å². The van der Waals surface area contributed by atoms with E-state index in [1.807, 2.05) is 0 Å². The fourth-order valence-corrected chi connectivity index (χ4v) is 1.50. The molecule has 2 rings (SSSR count). The highest BCUT2D eigenvalue weighted by molar-refractivity contribution is 5.95. The topological polar surface area (TPSA) is 60.2 Å². The zero-order valence-electron chi connectivity index (χ0n) is 7.64. The monoisotopic (exact) mass is 200 g/mol. The van der Waals surface area contributed by atoms with Crippen molar-refractivity contribution in [2.45, 2.75) is 0 Å². The molecule has 0 amide bonds. The summed E-state index contributed by atoms with van der Waals surface area (Å²) in [6.45, 7) is 0. The van der Waals surface area contributed by atoms with Gasteiger partial charge >= 0.3 is 0 Å². The van der Waals surface area contributed by atoms with Gasteiger partial charge in [0, 0.05) is 11.6 Å². The Labute approximate surface area is 85.3 Å². The Balaban J connectivity index is 2.86. The standard InChI is InChI=1S/C11H6NO3/c13-7-8-5-9-3-1-2-4-10(9)11(6-8)12(14)15/h1-6H. The minimum absolute atomic E-state index is 0.0635. The molecule has 0 aliphatic rings. The second-order valence-electron chi connectivity index (χ2n) is 3.08. The molecular weight excluding hydrogens is 194 g/mol. The third-order valence-corrected chi connectivity index (χ3v) is 2.15. The molecule has 0 bridgehead atoms. The van der Waals surface area contributed by atoms with E-state index in [1.165, 1.54) is 6.07 Å². The van der Waals surface area contributed by atoms with Crippen molar-refractivity contribution < 1.29 is 9.72 Å². The van der Waals surface area contributed by atoms with E-state index in [9.17, 15) is 14.9 Å². The van der Waals surface area contributed by atoms with Crippen LogP contribution in [0, 0.1) is 10.1 Å². The van der Waals surface area contributed by atoms with Crippen molar-refractivity contribution in [1.29, 1.82) is 0 Å². The summed E-state index contributed by atoms with van der Waals surface area (Å²) in [6, 6.07) is 9.68. The van der Waals surface area contributed by atoms with Gasteiger partial charge in [-0.3, -0.25) is 14.9 Å². The first-order valence-corrected chi connectivity index (χ1v) is 4.27. The van der Waals surface area contributed by atoms with Crippen LogP contribution in [0.5, 0.6) is 0 Å². The van der Waals surface area contributed by atoms with Gasteiger partial charge in [0.1, 0.15) is 0 Å². The molecule has 0 spiro atoms. The number of nitro groups is 1. The zero-order chi connectivity index (χ0) is 10.8. The van der Waals surface area contributed by atoms with E-state index in [2.05, 4.69) is 0 Å². The van der Waals surface area contributed by atoms with Gasteiger partial charge in [-0.1, -0.05) is 18.2 Å². The third-order valence-electron chi connectivity index (χ3n) is 2.15. The molecule has 0 saturated heterocycles. The molecule has 0 aliphatic heterocycles. The molecule has 0 heterocycles. The van der Waals surface area contributed by atoms with Crippen molar-refractivity contribution in [3.8, 4) is 0 Å². The van der Waals surface area contributed by atoms with E-state index in [0.29, 0.717) is 10.8 Å². The average Bonchev–Trinajstić information content (AvgIpc) is 2.27. The third kappa shape index (κ3) is 1.57. The smallest absolute Gasteiger partial charge is 0.277 e. The molecule has 0 atom stereocenters. The van der Waals surface area contributed by atoms with Gasteiger partial charge in [-0.05, 0) is 17.5 Å². The summed E-state index contributed by atoms with van der Waals surface area (Å²) in [6.07, 6.45) is 1.66. The summed E-state index contributed by atoms with van der Waals surface area (Å²) < 4.78 is 0. The van der Waals surface area contributed by atoms with Crippen LogP contribution in [0.15, 0.2) is 36.4 Å². The predicted octanol–water partition coefficient (Wildman–Crippen LogP) is 2.21. The minimum atomic E-state index is -0.497. The molecule has 0 aromatic heterocycles. The van der Waals surface area contributed by atoms with Crippen LogP contribution in [-0.4, -0.2) is 11.2 Å². The Morgan fingerprint density at radius 2 is 1.93 bits per heavy atom. The Hall–Kier alpha value is -2.23. The van der Waals surface area contributed by atoms with Gasteiger partial charge < -0.3 is 0 Å². The second-order valence-corrected chi connectivity index (χ2v) is 3.08. The number of hydrogen-bond acceptors (Lipinski definition) is 3. The average molecular weight is 200 g/mol. The van der Waals surface area contributed by atoms with E-state index in [1.54, 1.807) is 36.6 Å². The lowest BCUT2D eigenvalue weighted by Crippen LogP contribution is -1.92. The summed E-state index contributed by atoms with van der Waals surface area (Å²) in [5.41, 5.74) is 0.131. The van der Waals surface area contributed by atoms with Crippen molar-refractivity contribution in [2.24, 2.45) is 0 Å². The lowest BCUT2D eigenvalue weighted by Gasteiger charge is -1.99. The van der Waals surface area contributed by atoms with E-state index in [-0.39, 0.29) is 11.3 Å². The minimum Gasteiger partial charge on any atom is -0.285 e. The van der Waals surface area contributed by atoms with E-state index in [0.717, 1.165) is 0 Å². The van der Waals surface area contributed by atoms with Crippen LogP contribution in [0.4, 0.5) is 5.69 Å². The number of rotatable bonds is 2. The Morgan fingerprint density at radius 1 is 1.20 bits per heavy atom. The molecule has 2 aromatic carbocycles. The van der Waals surface area contributed by atoms with Gasteiger partial charge in [-0.15, -0.1) is 0 Å². The van der Waals surface area contributed by atoms with E-state index in [4.69, 9.17) is 0 Å². The Kier molecular flexibility index (Phi) is 2.17. The van der Waals surface area contributed by atoms with Crippen molar-refractivity contribution in [3.63, 3.8) is 0 Å². The van der Waals surface area contributed by atoms with Crippen LogP contribution in [0.25, 0.3) is 10.8 Å². The van der Waals surface area contributed by atoms with Gasteiger partial charge in [-0.2, -0.15) is 0 Å². The molecule has 0 unspecified atom stereocenters. The Bertz CT molecular complexity index is 549. The van der Waals surface area contributed by atoms with Crippen LogP contribution in [0.1, 0.15) is 5.56 Å². The molecule has 2 aromatic rings. The molecule has 73 valence electrons. The first-order chi connectivity index (χ1) is 7.22. The summed E-state index contributed by atoms with van der Waals surface area (Å²) >= 11 is 0. The van der Waals surface area contributed by atoms with E-state index < -0.39 is 4.92 Å². The lowest BCUT2D eigenvalue weighted by atomic mass is 10.1. The fourth-order valence-electron chi connectivity index (χ4n) is 1.50. The maximum atomic E-state index is 10.8. The first-order valence-electron chi connectivity index (χ1n) is 4.27. The van der Waals surface area contributed by atoms with Gasteiger partial charge in [0.15, 0.2) is 0 Å². The molecule has 1 radical (unpaired) electrons. The number of carbonyl (C=O) groups excluding carboxylic acids is 1. The number of hydrogen-bond donors (Lipinski definition) is 0. The summed E-state index contributed by atoms with van der Waals surface area (Å²) in [5.74, 6) is 0. The molecule has 0 fully saturated rings. The number of benzene rings is 2. The second kappa shape index (κ2) is 3.49. The van der Waals surface area contributed by atoms with Gasteiger partial charge in [0.25, 0.3) is 5.69 Å². The summed E-state index contributed by atoms with van der Waals surface area (Å²) in [4.78, 5) is 20.7. The molecule has 0 saturated carbocycles. The number of nitro benzene ring substituents is 1. The van der Waals surface area contributed by atoms with E-state index >= 15 is 0 Å².